The maximum atomic E-state index is 5.85. The minimum atomic E-state index is 0.133. The molecular weight excluding hydrogens is 262 g/mol. The lowest BCUT2D eigenvalue weighted by Gasteiger charge is -2.24. The molecule has 0 radical (unpaired) electrons. The Morgan fingerprint density at radius 2 is 2.05 bits per heavy atom. The van der Waals surface area contributed by atoms with Crippen molar-refractivity contribution >= 4 is 16.5 Å². The largest absolute Gasteiger partial charge is 0.475 e. The topological polar surface area (TPSA) is 37.4 Å². The molecule has 0 bridgehead atoms. The van der Waals surface area contributed by atoms with Crippen LogP contribution in [0.1, 0.15) is 20.3 Å². The minimum absolute atomic E-state index is 0.133. The Balaban J connectivity index is 2.03. The van der Waals surface area contributed by atoms with Crippen LogP contribution in [0.25, 0.3) is 10.8 Å². The van der Waals surface area contributed by atoms with E-state index in [4.69, 9.17) is 4.74 Å². The minimum Gasteiger partial charge on any atom is -0.475 e. The number of fused-ring (bicyclic) bond motifs is 1. The number of ether oxygens (including phenoxy) is 1. The molecule has 0 aliphatic carbocycles. The van der Waals surface area contributed by atoms with Crippen molar-refractivity contribution in [1.82, 2.24) is 10.3 Å². The van der Waals surface area contributed by atoms with Gasteiger partial charge in [0.2, 0.25) is 5.88 Å². The lowest BCUT2D eigenvalue weighted by molar-refractivity contribution is 0.236. The molecule has 4 nitrogen and oxygen atoms in total. The first-order valence-electron chi connectivity index (χ1n) is 7.76. The standard InChI is InChI=1S/C17H23N3O/c1-13(2)21-17-15-5-3-6-16(14(15)7-9-19-17)20-11-4-8-18-10-12-20/h3,5-7,9,13,18H,4,8,10-12H2,1-2H3. The highest BCUT2D eigenvalue weighted by Crippen LogP contribution is 2.31. The molecule has 1 aliphatic heterocycles. The number of benzene rings is 1. The van der Waals surface area contributed by atoms with Gasteiger partial charge in [-0.05, 0) is 45.0 Å². The third-order valence-electron chi connectivity index (χ3n) is 3.77. The van der Waals surface area contributed by atoms with Crippen LogP contribution in [0.5, 0.6) is 5.88 Å². The zero-order valence-electron chi connectivity index (χ0n) is 12.8. The Bertz CT molecular complexity index is 604. The number of nitrogens with zero attached hydrogens (tertiary/aromatic N) is 2. The summed E-state index contributed by atoms with van der Waals surface area (Å²) in [6, 6.07) is 8.49. The van der Waals surface area contributed by atoms with Gasteiger partial charge in [0.15, 0.2) is 0 Å². The van der Waals surface area contributed by atoms with E-state index in [2.05, 4.69) is 39.5 Å². The third kappa shape index (κ3) is 3.10. The van der Waals surface area contributed by atoms with Crippen LogP contribution < -0.4 is 15.0 Å². The molecule has 0 atom stereocenters. The van der Waals surface area contributed by atoms with E-state index in [-0.39, 0.29) is 6.10 Å². The van der Waals surface area contributed by atoms with Gasteiger partial charge in [0.1, 0.15) is 0 Å². The number of nitrogens with one attached hydrogen (secondary N) is 1. The van der Waals surface area contributed by atoms with Gasteiger partial charge < -0.3 is 15.0 Å². The van der Waals surface area contributed by atoms with Gasteiger partial charge in [0.05, 0.1) is 6.10 Å². The molecule has 1 saturated heterocycles. The summed E-state index contributed by atoms with van der Waals surface area (Å²) >= 11 is 0. The monoisotopic (exact) mass is 285 g/mol. The molecule has 4 heteroatoms. The van der Waals surface area contributed by atoms with Gasteiger partial charge in [-0.3, -0.25) is 0 Å². The predicted molar refractivity (Wildman–Crippen MR) is 87.2 cm³/mol. The van der Waals surface area contributed by atoms with Crippen LogP contribution in [-0.4, -0.2) is 37.3 Å². The number of hydrogen-bond acceptors (Lipinski definition) is 4. The summed E-state index contributed by atoms with van der Waals surface area (Å²) in [6.45, 7) is 8.34. The van der Waals surface area contributed by atoms with Crippen molar-refractivity contribution < 1.29 is 4.74 Å². The second-order valence-electron chi connectivity index (χ2n) is 5.75. The van der Waals surface area contributed by atoms with E-state index in [1.54, 1.807) is 0 Å². The summed E-state index contributed by atoms with van der Waals surface area (Å²) in [6.07, 6.45) is 3.16. The second-order valence-corrected chi connectivity index (χ2v) is 5.75. The van der Waals surface area contributed by atoms with E-state index in [0.29, 0.717) is 0 Å². The van der Waals surface area contributed by atoms with Crippen molar-refractivity contribution in [3.8, 4) is 5.88 Å². The lowest BCUT2D eigenvalue weighted by atomic mass is 10.1. The van der Waals surface area contributed by atoms with Crippen LogP contribution in [0.4, 0.5) is 5.69 Å². The van der Waals surface area contributed by atoms with Crippen LogP contribution in [0.3, 0.4) is 0 Å². The van der Waals surface area contributed by atoms with Crippen molar-refractivity contribution in [2.45, 2.75) is 26.4 Å². The van der Waals surface area contributed by atoms with Gasteiger partial charge >= 0.3 is 0 Å². The molecule has 0 unspecified atom stereocenters. The fraction of sp³-hybridized carbons (Fsp3) is 0.471. The van der Waals surface area contributed by atoms with Crippen molar-refractivity contribution in [2.24, 2.45) is 0 Å². The quantitative estimate of drug-likeness (QED) is 0.941. The van der Waals surface area contributed by atoms with Crippen LogP contribution >= 0.6 is 0 Å². The third-order valence-corrected chi connectivity index (χ3v) is 3.77. The van der Waals surface area contributed by atoms with Crippen LogP contribution in [0, 0.1) is 0 Å². The summed E-state index contributed by atoms with van der Waals surface area (Å²) in [5.74, 6) is 0.734. The van der Waals surface area contributed by atoms with Crippen molar-refractivity contribution in [3.05, 3.63) is 30.5 Å². The first-order chi connectivity index (χ1) is 10.3. The average Bonchev–Trinajstić information content (AvgIpc) is 2.75. The van der Waals surface area contributed by atoms with Gasteiger partial charge in [-0.1, -0.05) is 6.07 Å². The maximum absolute atomic E-state index is 5.85. The molecule has 2 aromatic rings. The Morgan fingerprint density at radius 3 is 2.90 bits per heavy atom. The molecule has 1 fully saturated rings. The Morgan fingerprint density at radius 1 is 1.14 bits per heavy atom. The average molecular weight is 285 g/mol. The highest BCUT2D eigenvalue weighted by Gasteiger charge is 2.14. The van der Waals surface area contributed by atoms with Crippen molar-refractivity contribution in [3.63, 3.8) is 0 Å². The highest BCUT2D eigenvalue weighted by atomic mass is 16.5. The smallest absolute Gasteiger partial charge is 0.221 e. The number of pyridine rings is 1. The van der Waals surface area contributed by atoms with Gasteiger partial charge in [-0.25, -0.2) is 4.98 Å². The number of aromatic nitrogens is 1. The van der Waals surface area contributed by atoms with E-state index in [1.165, 1.54) is 17.5 Å². The van der Waals surface area contributed by atoms with Crippen LogP contribution in [0.2, 0.25) is 0 Å². The molecule has 0 spiro atoms. The lowest BCUT2D eigenvalue weighted by Crippen LogP contribution is -2.27. The summed E-state index contributed by atoms with van der Waals surface area (Å²) in [5, 5.41) is 5.78. The zero-order valence-corrected chi connectivity index (χ0v) is 12.8. The summed E-state index contributed by atoms with van der Waals surface area (Å²) in [4.78, 5) is 6.86. The van der Waals surface area contributed by atoms with Gasteiger partial charge in [-0.15, -0.1) is 0 Å². The van der Waals surface area contributed by atoms with Gasteiger partial charge in [0, 0.05) is 42.3 Å². The molecule has 3 rings (SSSR count). The second kappa shape index (κ2) is 6.31. The fourth-order valence-electron chi connectivity index (χ4n) is 2.84. The first-order valence-corrected chi connectivity index (χ1v) is 7.76. The Hall–Kier alpha value is -1.81. The molecule has 1 aromatic heterocycles. The fourth-order valence-corrected chi connectivity index (χ4v) is 2.84. The molecule has 0 saturated carbocycles. The van der Waals surface area contributed by atoms with Crippen LogP contribution in [0.15, 0.2) is 30.5 Å². The molecule has 0 amide bonds. The van der Waals surface area contributed by atoms with E-state index in [9.17, 15) is 0 Å². The van der Waals surface area contributed by atoms with E-state index in [0.717, 1.165) is 37.4 Å². The maximum Gasteiger partial charge on any atom is 0.221 e. The number of rotatable bonds is 3. The number of hydrogen-bond donors (Lipinski definition) is 1. The predicted octanol–water partition coefficient (Wildman–Crippen LogP) is 2.82. The SMILES string of the molecule is CC(C)Oc1nccc2c(N3CCCNCC3)cccc12. The first kappa shape index (κ1) is 14.1. The van der Waals surface area contributed by atoms with E-state index >= 15 is 0 Å². The van der Waals surface area contributed by atoms with Gasteiger partial charge in [0.25, 0.3) is 0 Å². The van der Waals surface area contributed by atoms with E-state index < -0.39 is 0 Å². The Labute approximate surface area is 126 Å². The molecule has 112 valence electrons. The summed E-state index contributed by atoms with van der Waals surface area (Å²) < 4.78 is 5.85. The number of anilines is 1. The molecule has 1 N–H and O–H groups in total. The molecular formula is C17H23N3O. The van der Waals surface area contributed by atoms with E-state index in [1.807, 2.05) is 20.0 Å². The molecule has 1 aliphatic rings. The van der Waals surface area contributed by atoms with Gasteiger partial charge in [-0.2, -0.15) is 0 Å². The molecule has 2 heterocycles. The molecule has 21 heavy (non-hydrogen) atoms. The van der Waals surface area contributed by atoms with Crippen molar-refractivity contribution in [1.29, 1.82) is 0 Å². The summed E-state index contributed by atoms with van der Waals surface area (Å²) in [7, 11) is 0. The highest BCUT2D eigenvalue weighted by molar-refractivity contribution is 5.97. The molecule has 1 aromatic carbocycles. The normalized spacial score (nSPS) is 16.2. The summed E-state index contributed by atoms with van der Waals surface area (Å²) in [5.41, 5.74) is 1.28. The van der Waals surface area contributed by atoms with Crippen molar-refractivity contribution in [2.75, 3.05) is 31.1 Å². The zero-order chi connectivity index (χ0) is 14.7. The van der Waals surface area contributed by atoms with Crippen LogP contribution in [-0.2, 0) is 0 Å². The Kier molecular flexibility index (Phi) is 4.25.